The highest BCUT2D eigenvalue weighted by atomic mass is 16.5. The van der Waals surface area contributed by atoms with E-state index in [2.05, 4.69) is 5.32 Å². The van der Waals surface area contributed by atoms with Crippen molar-refractivity contribution >= 4 is 22.5 Å². The van der Waals surface area contributed by atoms with E-state index in [1.807, 2.05) is 13.8 Å². The third-order valence-corrected chi connectivity index (χ3v) is 5.31. The van der Waals surface area contributed by atoms with Crippen LogP contribution in [0, 0.1) is 5.92 Å². The Bertz CT molecular complexity index is 1250. The normalized spacial score (nSPS) is 11.0. The second-order valence-corrected chi connectivity index (χ2v) is 7.99. The van der Waals surface area contributed by atoms with Crippen molar-refractivity contribution in [1.82, 2.24) is 9.13 Å². The summed E-state index contributed by atoms with van der Waals surface area (Å²) in [6.07, 6.45) is 0.672. The van der Waals surface area contributed by atoms with Gasteiger partial charge in [-0.25, -0.2) is 4.79 Å². The number of benzene rings is 2. The molecule has 0 radical (unpaired) electrons. The van der Waals surface area contributed by atoms with Gasteiger partial charge in [0.1, 0.15) is 6.54 Å². The smallest absolute Gasteiger partial charge is 0.331 e. The predicted molar refractivity (Wildman–Crippen MR) is 127 cm³/mol. The Balaban J connectivity index is 1.99. The molecule has 0 saturated carbocycles. The summed E-state index contributed by atoms with van der Waals surface area (Å²) in [5.74, 6) is 1.05. The van der Waals surface area contributed by atoms with Crippen LogP contribution in [0.25, 0.3) is 10.9 Å². The van der Waals surface area contributed by atoms with E-state index in [4.69, 9.17) is 14.2 Å². The lowest BCUT2D eigenvalue weighted by molar-refractivity contribution is -0.116. The third kappa shape index (κ3) is 5.02. The minimum atomic E-state index is -0.514. The molecule has 3 aromatic rings. The number of fused-ring (bicyclic) bond motifs is 1. The highest BCUT2D eigenvalue weighted by Crippen LogP contribution is 2.39. The lowest BCUT2D eigenvalue weighted by atomic mass is 10.1. The molecule has 0 aliphatic rings. The lowest BCUT2D eigenvalue weighted by Gasteiger charge is -2.16. The summed E-state index contributed by atoms with van der Waals surface area (Å²) in [6.45, 7) is 4.07. The fraction of sp³-hybridized carbons (Fsp3) is 0.375. The number of carbonyl (C=O) groups excluding carboxylic acids is 1. The summed E-state index contributed by atoms with van der Waals surface area (Å²) in [6, 6.07) is 10.00. The number of hydrogen-bond donors (Lipinski definition) is 1. The van der Waals surface area contributed by atoms with E-state index in [1.54, 1.807) is 36.4 Å². The molecule has 2 aromatic carbocycles. The van der Waals surface area contributed by atoms with Gasteiger partial charge < -0.3 is 19.5 Å². The van der Waals surface area contributed by atoms with Crippen LogP contribution in [-0.2, 0) is 17.9 Å². The number of anilines is 1. The van der Waals surface area contributed by atoms with Gasteiger partial charge in [0.2, 0.25) is 11.7 Å². The number of hydrogen-bond acceptors (Lipinski definition) is 6. The molecule has 0 unspecified atom stereocenters. The molecule has 0 bridgehead atoms. The molecular formula is C24H29N3O6. The van der Waals surface area contributed by atoms with Gasteiger partial charge in [-0.3, -0.25) is 18.7 Å². The Morgan fingerprint density at radius 3 is 2.18 bits per heavy atom. The van der Waals surface area contributed by atoms with Crippen LogP contribution in [0.3, 0.4) is 0 Å². The van der Waals surface area contributed by atoms with Crippen LogP contribution in [0.15, 0.2) is 46.0 Å². The average molecular weight is 456 g/mol. The van der Waals surface area contributed by atoms with Crippen LogP contribution in [-0.4, -0.2) is 36.4 Å². The van der Waals surface area contributed by atoms with E-state index in [1.165, 1.54) is 30.5 Å². The number of amides is 1. The summed E-state index contributed by atoms with van der Waals surface area (Å²) >= 11 is 0. The molecule has 9 heteroatoms. The summed E-state index contributed by atoms with van der Waals surface area (Å²) in [5, 5.41) is 3.16. The number of nitrogens with zero attached hydrogens (tertiary/aromatic N) is 2. The van der Waals surface area contributed by atoms with Gasteiger partial charge in [-0.15, -0.1) is 0 Å². The first-order valence-corrected chi connectivity index (χ1v) is 10.6. The van der Waals surface area contributed by atoms with E-state index in [9.17, 15) is 14.4 Å². The molecule has 3 rings (SSSR count). The van der Waals surface area contributed by atoms with Crippen LogP contribution < -0.4 is 30.8 Å². The van der Waals surface area contributed by atoms with Crippen LogP contribution >= 0.6 is 0 Å². The predicted octanol–water partition coefficient (Wildman–Crippen LogP) is 2.87. The molecule has 0 spiro atoms. The van der Waals surface area contributed by atoms with Crippen molar-refractivity contribution in [2.24, 2.45) is 5.92 Å². The highest BCUT2D eigenvalue weighted by molar-refractivity contribution is 5.92. The Morgan fingerprint density at radius 2 is 1.61 bits per heavy atom. The van der Waals surface area contributed by atoms with Gasteiger partial charge in [0, 0.05) is 24.4 Å². The molecule has 1 N–H and O–H groups in total. The van der Waals surface area contributed by atoms with E-state index in [0.29, 0.717) is 46.2 Å². The fourth-order valence-electron chi connectivity index (χ4n) is 3.61. The molecule has 0 atom stereocenters. The van der Waals surface area contributed by atoms with Crippen molar-refractivity contribution in [2.45, 2.75) is 33.4 Å². The summed E-state index contributed by atoms with van der Waals surface area (Å²) in [5.41, 5.74) is -0.0368. The zero-order valence-electron chi connectivity index (χ0n) is 19.5. The molecule has 9 nitrogen and oxygen atoms in total. The number of carbonyl (C=O) groups is 1. The van der Waals surface area contributed by atoms with Crippen molar-refractivity contribution < 1.29 is 19.0 Å². The van der Waals surface area contributed by atoms with Crippen LogP contribution in [0.4, 0.5) is 5.69 Å². The van der Waals surface area contributed by atoms with Gasteiger partial charge in [-0.2, -0.15) is 0 Å². The van der Waals surface area contributed by atoms with Gasteiger partial charge in [-0.1, -0.05) is 26.0 Å². The lowest BCUT2D eigenvalue weighted by Crippen LogP contribution is -2.42. The molecule has 1 heterocycles. The van der Waals surface area contributed by atoms with Gasteiger partial charge in [0.25, 0.3) is 5.56 Å². The third-order valence-electron chi connectivity index (χ3n) is 5.31. The molecule has 1 amide bonds. The minimum Gasteiger partial charge on any atom is -0.493 e. The first-order chi connectivity index (χ1) is 15.8. The SMILES string of the molecule is COc1cc(NC(=O)Cn2c(=O)n(CCC(C)C)c(=O)c3ccccc32)cc(OC)c1OC. The largest absolute Gasteiger partial charge is 0.493 e. The summed E-state index contributed by atoms with van der Waals surface area (Å²) in [7, 11) is 4.45. The standard InChI is InChI=1S/C24H29N3O6/c1-15(2)10-11-26-23(29)17-8-6-7-9-18(17)27(24(26)30)14-21(28)25-16-12-19(31-3)22(33-5)20(13-16)32-4/h6-9,12-13,15H,10-11,14H2,1-5H3,(H,25,28). The molecule has 0 aliphatic carbocycles. The molecule has 33 heavy (non-hydrogen) atoms. The van der Waals surface area contributed by atoms with Crippen LogP contribution in [0.5, 0.6) is 17.2 Å². The first kappa shape index (κ1) is 23.9. The Morgan fingerprint density at radius 1 is 0.970 bits per heavy atom. The maximum Gasteiger partial charge on any atom is 0.331 e. The number of methoxy groups -OCH3 is 3. The van der Waals surface area contributed by atoms with E-state index < -0.39 is 11.6 Å². The van der Waals surface area contributed by atoms with Gasteiger partial charge >= 0.3 is 5.69 Å². The zero-order valence-corrected chi connectivity index (χ0v) is 19.5. The number of ether oxygens (including phenoxy) is 3. The summed E-state index contributed by atoms with van der Waals surface area (Å²) < 4.78 is 18.5. The van der Waals surface area contributed by atoms with Crippen LogP contribution in [0.2, 0.25) is 0 Å². The van der Waals surface area contributed by atoms with Gasteiger partial charge in [-0.05, 0) is 24.5 Å². The number of aromatic nitrogens is 2. The van der Waals surface area contributed by atoms with Crippen molar-refractivity contribution in [2.75, 3.05) is 26.6 Å². The minimum absolute atomic E-state index is 0.266. The molecule has 0 fully saturated rings. The van der Waals surface area contributed by atoms with Crippen molar-refractivity contribution in [1.29, 1.82) is 0 Å². The second kappa shape index (κ2) is 10.2. The van der Waals surface area contributed by atoms with Gasteiger partial charge in [0.05, 0.1) is 32.2 Å². The van der Waals surface area contributed by atoms with Crippen molar-refractivity contribution in [3.8, 4) is 17.2 Å². The van der Waals surface area contributed by atoms with Crippen LogP contribution in [0.1, 0.15) is 20.3 Å². The monoisotopic (exact) mass is 455 g/mol. The van der Waals surface area contributed by atoms with E-state index in [-0.39, 0.29) is 18.6 Å². The Hall–Kier alpha value is -3.75. The fourth-order valence-corrected chi connectivity index (χ4v) is 3.61. The molecule has 1 aromatic heterocycles. The molecule has 176 valence electrons. The highest BCUT2D eigenvalue weighted by Gasteiger charge is 2.18. The van der Waals surface area contributed by atoms with Gasteiger partial charge in [0.15, 0.2) is 11.5 Å². The quantitative estimate of drug-likeness (QED) is 0.533. The summed E-state index contributed by atoms with van der Waals surface area (Å²) in [4.78, 5) is 39.0. The molecule has 0 saturated heterocycles. The van der Waals surface area contributed by atoms with Crippen molar-refractivity contribution in [3.05, 3.63) is 57.2 Å². The maximum absolute atomic E-state index is 13.2. The second-order valence-electron chi connectivity index (χ2n) is 7.99. The Kier molecular flexibility index (Phi) is 7.42. The Labute approximate surface area is 191 Å². The number of para-hydroxylation sites is 1. The van der Waals surface area contributed by atoms with Crippen molar-refractivity contribution in [3.63, 3.8) is 0 Å². The first-order valence-electron chi connectivity index (χ1n) is 10.6. The maximum atomic E-state index is 13.2. The van der Waals surface area contributed by atoms with E-state index in [0.717, 1.165) is 0 Å². The topological polar surface area (TPSA) is 101 Å². The molecular weight excluding hydrogens is 426 g/mol. The zero-order chi connectivity index (χ0) is 24.1. The molecule has 0 aliphatic heterocycles. The van der Waals surface area contributed by atoms with E-state index >= 15 is 0 Å². The average Bonchev–Trinajstić information content (AvgIpc) is 2.80. The number of nitrogens with one attached hydrogen (secondary N) is 1. The number of rotatable bonds is 9.